The Hall–Kier alpha value is -3.03. The van der Waals surface area contributed by atoms with Gasteiger partial charge in [0.15, 0.2) is 0 Å². The first-order valence-corrected chi connectivity index (χ1v) is 10.6. The number of alkyl halides is 3. The van der Waals surface area contributed by atoms with E-state index in [1.807, 2.05) is 6.92 Å². The second-order valence-electron chi connectivity index (χ2n) is 7.92. The van der Waals surface area contributed by atoms with Crippen LogP contribution in [0.1, 0.15) is 47.2 Å². The lowest BCUT2D eigenvalue weighted by Crippen LogP contribution is -2.36. The van der Waals surface area contributed by atoms with Gasteiger partial charge in [-0.1, -0.05) is 31.5 Å². The smallest absolute Gasteiger partial charge is 0.416 e. The Morgan fingerprint density at radius 1 is 1.12 bits per heavy atom. The molecule has 1 fully saturated rings. The lowest BCUT2D eigenvalue weighted by atomic mass is 9.87. The summed E-state index contributed by atoms with van der Waals surface area (Å²) in [6.45, 7) is 2.80. The zero-order chi connectivity index (χ0) is 23.3. The predicted octanol–water partition coefficient (Wildman–Crippen LogP) is 4.49. The van der Waals surface area contributed by atoms with Gasteiger partial charge in [0.25, 0.3) is 5.91 Å². The lowest BCUT2D eigenvalue weighted by Gasteiger charge is -2.19. The topological polar surface area (TPSA) is 58.6 Å². The van der Waals surface area contributed by atoms with Crippen molar-refractivity contribution in [3.63, 3.8) is 0 Å². The SMILES string of the molecule is CCCCNC(=O)C1CN(C(=O)c2ccc(OC)cc2)CC1c1cccc(C(F)(F)F)c1. The van der Waals surface area contributed by atoms with Gasteiger partial charge in [0, 0.05) is 31.1 Å². The fourth-order valence-electron chi connectivity index (χ4n) is 3.95. The Morgan fingerprint density at radius 2 is 1.84 bits per heavy atom. The van der Waals surface area contributed by atoms with Crippen LogP contribution in [0, 0.1) is 5.92 Å². The second-order valence-corrected chi connectivity index (χ2v) is 7.92. The monoisotopic (exact) mass is 448 g/mol. The molecule has 0 aliphatic carbocycles. The van der Waals surface area contributed by atoms with Crippen LogP contribution in [-0.2, 0) is 11.0 Å². The minimum Gasteiger partial charge on any atom is -0.497 e. The molecule has 0 bridgehead atoms. The van der Waals surface area contributed by atoms with Crippen LogP contribution in [0.5, 0.6) is 5.75 Å². The molecule has 3 rings (SSSR count). The van der Waals surface area contributed by atoms with E-state index in [4.69, 9.17) is 4.74 Å². The number of benzene rings is 2. The maximum Gasteiger partial charge on any atom is 0.416 e. The highest BCUT2D eigenvalue weighted by molar-refractivity contribution is 5.95. The van der Waals surface area contributed by atoms with Gasteiger partial charge in [-0.25, -0.2) is 0 Å². The molecule has 2 atom stereocenters. The van der Waals surface area contributed by atoms with E-state index in [9.17, 15) is 22.8 Å². The molecule has 1 N–H and O–H groups in total. The predicted molar refractivity (Wildman–Crippen MR) is 114 cm³/mol. The molecule has 1 aliphatic rings. The minimum atomic E-state index is -4.48. The summed E-state index contributed by atoms with van der Waals surface area (Å²) in [5.41, 5.74) is 0.0706. The number of carbonyl (C=O) groups is 2. The van der Waals surface area contributed by atoms with Crippen LogP contribution in [0.25, 0.3) is 0 Å². The average Bonchev–Trinajstić information content (AvgIpc) is 3.24. The van der Waals surface area contributed by atoms with Crippen LogP contribution in [0.15, 0.2) is 48.5 Å². The molecule has 2 unspecified atom stereocenters. The molecule has 2 aromatic rings. The third-order valence-electron chi connectivity index (χ3n) is 5.75. The number of amides is 2. The summed E-state index contributed by atoms with van der Waals surface area (Å²) < 4.78 is 44.9. The Labute approximate surface area is 185 Å². The molecule has 0 spiro atoms. The fraction of sp³-hybridized carbons (Fsp3) is 0.417. The molecule has 0 aromatic heterocycles. The number of rotatable bonds is 7. The van der Waals surface area contributed by atoms with E-state index in [0.29, 0.717) is 23.4 Å². The molecule has 2 amide bonds. The van der Waals surface area contributed by atoms with Crippen molar-refractivity contribution in [2.45, 2.75) is 31.9 Å². The number of carbonyl (C=O) groups excluding carboxylic acids is 2. The molecular formula is C24H27F3N2O3. The minimum absolute atomic E-state index is 0.143. The number of ether oxygens (including phenoxy) is 1. The number of methoxy groups -OCH3 is 1. The third kappa shape index (κ3) is 5.41. The molecule has 8 heteroatoms. The van der Waals surface area contributed by atoms with Crippen LogP contribution in [0.2, 0.25) is 0 Å². The van der Waals surface area contributed by atoms with Crippen LogP contribution in [0.4, 0.5) is 13.2 Å². The molecule has 2 aromatic carbocycles. The first-order valence-electron chi connectivity index (χ1n) is 10.6. The van der Waals surface area contributed by atoms with Gasteiger partial charge in [0.2, 0.25) is 5.91 Å². The Balaban J connectivity index is 1.87. The second kappa shape index (κ2) is 10.1. The van der Waals surface area contributed by atoms with Crippen molar-refractivity contribution < 1.29 is 27.5 Å². The van der Waals surface area contributed by atoms with Gasteiger partial charge in [-0.05, 0) is 42.3 Å². The van der Waals surface area contributed by atoms with Crippen molar-refractivity contribution >= 4 is 11.8 Å². The molecule has 0 radical (unpaired) electrons. The van der Waals surface area contributed by atoms with Crippen molar-refractivity contribution in [1.29, 1.82) is 0 Å². The largest absolute Gasteiger partial charge is 0.497 e. The number of hydrogen-bond acceptors (Lipinski definition) is 3. The average molecular weight is 448 g/mol. The van der Waals surface area contributed by atoms with Crippen LogP contribution in [-0.4, -0.2) is 43.5 Å². The molecule has 172 valence electrons. The third-order valence-corrected chi connectivity index (χ3v) is 5.75. The summed E-state index contributed by atoms with van der Waals surface area (Å²) in [7, 11) is 1.53. The van der Waals surface area contributed by atoms with Crippen LogP contribution < -0.4 is 10.1 Å². The quantitative estimate of drug-likeness (QED) is 0.635. The van der Waals surface area contributed by atoms with E-state index in [1.165, 1.54) is 18.1 Å². The number of halogens is 3. The summed E-state index contributed by atoms with van der Waals surface area (Å²) in [5, 5.41) is 2.87. The molecule has 5 nitrogen and oxygen atoms in total. The number of hydrogen-bond donors (Lipinski definition) is 1. The van der Waals surface area contributed by atoms with Crippen molar-refractivity contribution in [2.24, 2.45) is 5.92 Å². The van der Waals surface area contributed by atoms with Crippen molar-refractivity contribution in [3.8, 4) is 5.75 Å². The van der Waals surface area contributed by atoms with E-state index in [1.54, 1.807) is 30.3 Å². The van der Waals surface area contributed by atoms with Crippen molar-refractivity contribution in [3.05, 3.63) is 65.2 Å². The first kappa shape index (κ1) is 23.6. The maximum atomic E-state index is 13.3. The summed E-state index contributed by atoms with van der Waals surface area (Å²) in [6.07, 6.45) is -2.77. The van der Waals surface area contributed by atoms with Gasteiger partial charge in [-0.3, -0.25) is 9.59 Å². The molecular weight excluding hydrogens is 421 g/mol. The Kier molecular flexibility index (Phi) is 7.43. The van der Waals surface area contributed by atoms with E-state index in [2.05, 4.69) is 5.32 Å². The van der Waals surface area contributed by atoms with Gasteiger partial charge in [0.1, 0.15) is 5.75 Å². The summed E-state index contributed by atoms with van der Waals surface area (Å²) in [4.78, 5) is 27.5. The van der Waals surface area contributed by atoms with E-state index >= 15 is 0 Å². The summed E-state index contributed by atoms with van der Waals surface area (Å²) in [6, 6.07) is 11.6. The van der Waals surface area contributed by atoms with Crippen LogP contribution in [0.3, 0.4) is 0 Å². The number of nitrogens with zero attached hydrogens (tertiary/aromatic N) is 1. The normalized spacial score (nSPS) is 18.5. The Bertz CT molecular complexity index is 944. The summed E-state index contributed by atoms with van der Waals surface area (Å²) >= 11 is 0. The van der Waals surface area contributed by atoms with Crippen molar-refractivity contribution in [2.75, 3.05) is 26.7 Å². The zero-order valence-electron chi connectivity index (χ0n) is 18.1. The highest BCUT2D eigenvalue weighted by Gasteiger charge is 2.41. The molecule has 0 saturated carbocycles. The molecule has 1 heterocycles. The van der Waals surface area contributed by atoms with Gasteiger partial charge in [-0.15, -0.1) is 0 Å². The van der Waals surface area contributed by atoms with Gasteiger partial charge >= 0.3 is 6.18 Å². The van der Waals surface area contributed by atoms with Gasteiger partial charge in [-0.2, -0.15) is 13.2 Å². The van der Waals surface area contributed by atoms with Gasteiger partial charge in [0.05, 0.1) is 18.6 Å². The van der Waals surface area contributed by atoms with E-state index in [-0.39, 0.29) is 24.9 Å². The highest BCUT2D eigenvalue weighted by Crippen LogP contribution is 2.37. The molecule has 1 aliphatic heterocycles. The number of likely N-dealkylation sites (tertiary alicyclic amines) is 1. The number of nitrogens with one attached hydrogen (secondary N) is 1. The maximum absolute atomic E-state index is 13.3. The van der Waals surface area contributed by atoms with Crippen LogP contribution >= 0.6 is 0 Å². The first-order chi connectivity index (χ1) is 15.2. The van der Waals surface area contributed by atoms with E-state index in [0.717, 1.165) is 25.0 Å². The lowest BCUT2D eigenvalue weighted by molar-refractivity contribution is -0.137. The highest BCUT2D eigenvalue weighted by atomic mass is 19.4. The zero-order valence-corrected chi connectivity index (χ0v) is 18.1. The Morgan fingerprint density at radius 3 is 2.47 bits per heavy atom. The van der Waals surface area contributed by atoms with Crippen molar-refractivity contribution in [1.82, 2.24) is 10.2 Å². The standard InChI is InChI=1S/C24H27F3N2O3/c1-3-4-12-28-22(30)21-15-29(23(31)16-8-10-19(32-2)11-9-16)14-20(21)17-6-5-7-18(13-17)24(25,26)27/h5-11,13,20-21H,3-4,12,14-15H2,1-2H3,(H,28,30). The van der Waals surface area contributed by atoms with Gasteiger partial charge < -0.3 is 15.0 Å². The fourth-order valence-corrected chi connectivity index (χ4v) is 3.95. The number of unbranched alkanes of at least 4 members (excludes halogenated alkanes) is 1. The molecule has 1 saturated heterocycles. The molecule has 32 heavy (non-hydrogen) atoms. The summed E-state index contributed by atoms with van der Waals surface area (Å²) in [5.74, 6) is -1.06. The van der Waals surface area contributed by atoms with E-state index < -0.39 is 23.6 Å².